The van der Waals surface area contributed by atoms with Crippen LogP contribution in [0.1, 0.15) is 25.3 Å². The Morgan fingerprint density at radius 2 is 2.20 bits per heavy atom. The second-order valence-electron chi connectivity index (χ2n) is 3.58. The summed E-state index contributed by atoms with van der Waals surface area (Å²) in [7, 11) is 0. The summed E-state index contributed by atoms with van der Waals surface area (Å²) in [6, 6.07) is 5.73. The zero-order valence-corrected chi connectivity index (χ0v) is 11.6. The van der Waals surface area contributed by atoms with Crippen LogP contribution < -0.4 is 5.32 Å². The maximum absolute atomic E-state index is 11.2. The lowest BCUT2D eigenvalue weighted by Gasteiger charge is -2.10. The summed E-state index contributed by atoms with van der Waals surface area (Å²) in [5, 5.41) is 3.34. The summed E-state index contributed by atoms with van der Waals surface area (Å²) in [5.41, 5.74) is 1.86. The lowest BCUT2D eigenvalue weighted by molar-refractivity contribution is -0.113. The summed E-state index contributed by atoms with van der Waals surface area (Å²) >= 11 is 8.07. The second kappa shape index (κ2) is 5.70. The lowest BCUT2D eigenvalue weighted by atomic mass is 10.0. The van der Waals surface area contributed by atoms with Crippen molar-refractivity contribution in [2.45, 2.75) is 19.8 Å². The van der Waals surface area contributed by atoms with Gasteiger partial charge in [0.2, 0.25) is 5.91 Å². The van der Waals surface area contributed by atoms with E-state index < -0.39 is 0 Å². The third kappa shape index (κ3) is 3.65. The fraction of sp³-hybridized carbons (Fsp3) is 0.364. The van der Waals surface area contributed by atoms with Gasteiger partial charge in [-0.15, -0.1) is 0 Å². The minimum Gasteiger partial charge on any atom is -0.324 e. The van der Waals surface area contributed by atoms with Crippen LogP contribution in [0.2, 0.25) is 5.02 Å². The Kier molecular flexibility index (Phi) is 4.86. The average Bonchev–Trinajstić information content (AvgIpc) is 2.20. The molecular weight excluding hydrogens is 324 g/mol. The molecule has 0 spiro atoms. The molecule has 1 aromatic rings. The van der Waals surface area contributed by atoms with Crippen LogP contribution in [-0.2, 0) is 4.79 Å². The molecule has 15 heavy (non-hydrogen) atoms. The molecular formula is C11H13ClINO. The van der Waals surface area contributed by atoms with Crippen molar-refractivity contribution in [2.24, 2.45) is 0 Å². The van der Waals surface area contributed by atoms with E-state index in [-0.39, 0.29) is 5.91 Å². The van der Waals surface area contributed by atoms with E-state index in [1.165, 1.54) is 5.56 Å². The van der Waals surface area contributed by atoms with Crippen LogP contribution in [0, 0.1) is 0 Å². The van der Waals surface area contributed by atoms with Gasteiger partial charge in [0, 0.05) is 0 Å². The summed E-state index contributed by atoms with van der Waals surface area (Å²) in [6.07, 6.45) is 0. The minimum atomic E-state index is -0.0326. The van der Waals surface area contributed by atoms with Crippen molar-refractivity contribution < 1.29 is 4.79 Å². The smallest absolute Gasteiger partial charge is 0.234 e. The zero-order chi connectivity index (χ0) is 11.4. The molecule has 0 fully saturated rings. The molecule has 0 radical (unpaired) electrons. The van der Waals surface area contributed by atoms with Crippen molar-refractivity contribution in [1.29, 1.82) is 0 Å². The summed E-state index contributed by atoms with van der Waals surface area (Å²) in [5.74, 6) is 0.409. The molecule has 1 aromatic carbocycles. The van der Waals surface area contributed by atoms with Gasteiger partial charge in [0.15, 0.2) is 0 Å². The molecule has 0 aliphatic rings. The first kappa shape index (κ1) is 12.8. The van der Waals surface area contributed by atoms with Crippen LogP contribution in [0.3, 0.4) is 0 Å². The Hall–Kier alpha value is -0.290. The Morgan fingerprint density at radius 1 is 1.53 bits per heavy atom. The molecule has 82 valence electrons. The number of carbonyl (C=O) groups excluding carboxylic acids is 1. The highest BCUT2D eigenvalue weighted by Gasteiger charge is 2.06. The predicted molar refractivity (Wildman–Crippen MR) is 73.1 cm³/mol. The van der Waals surface area contributed by atoms with Crippen molar-refractivity contribution in [3.05, 3.63) is 28.8 Å². The molecule has 2 nitrogen and oxygen atoms in total. The average molecular weight is 338 g/mol. The van der Waals surface area contributed by atoms with Crippen molar-refractivity contribution in [3.63, 3.8) is 0 Å². The fourth-order valence-corrected chi connectivity index (χ4v) is 1.60. The number of hydrogen-bond donors (Lipinski definition) is 1. The van der Waals surface area contributed by atoms with Gasteiger partial charge in [0.1, 0.15) is 0 Å². The standard InChI is InChI=1S/C11H13ClINO/c1-7(2)8-3-4-10(9(12)5-8)14-11(15)6-13/h3-5,7H,6H2,1-2H3,(H,14,15). The summed E-state index contributed by atoms with van der Waals surface area (Å²) in [6.45, 7) is 4.21. The third-order valence-electron chi connectivity index (χ3n) is 2.06. The van der Waals surface area contributed by atoms with Gasteiger partial charge in [0.05, 0.1) is 15.1 Å². The molecule has 0 aliphatic heterocycles. The van der Waals surface area contributed by atoms with Crippen molar-refractivity contribution in [3.8, 4) is 0 Å². The van der Waals surface area contributed by atoms with Crippen LogP contribution in [0.5, 0.6) is 0 Å². The van der Waals surface area contributed by atoms with E-state index in [1.807, 2.05) is 40.8 Å². The molecule has 0 bridgehead atoms. The summed E-state index contributed by atoms with van der Waals surface area (Å²) < 4.78 is 0.431. The Balaban J connectivity index is 2.88. The Bertz CT molecular complexity index is 366. The van der Waals surface area contributed by atoms with Gasteiger partial charge < -0.3 is 5.32 Å². The second-order valence-corrected chi connectivity index (χ2v) is 4.75. The number of anilines is 1. The largest absolute Gasteiger partial charge is 0.324 e. The number of nitrogens with one attached hydrogen (secondary N) is 1. The van der Waals surface area contributed by atoms with Gasteiger partial charge >= 0.3 is 0 Å². The normalized spacial score (nSPS) is 10.5. The van der Waals surface area contributed by atoms with Gasteiger partial charge in [-0.1, -0.05) is 54.1 Å². The van der Waals surface area contributed by atoms with Gasteiger partial charge in [-0.25, -0.2) is 0 Å². The summed E-state index contributed by atoms with van der Waals surface area (Å²) in [4.78, 5) is 11.2. The van der Waals surface area contributed by atoms with E-state index >= 15 is 0 Å². The van der Waals surface area contributed by atoms with E-state index in [0.717, 1.165) is 0 Å². The van der Waals surface area contributed by atoms with Gasteiger partial charge in [-0.05, 0) is 23.6 Å². The van der Waals surface area contributed by atoms with Crippen LogP contribution in [0.25, 0.3) is 0 Å². The van der Waals surface area contributed by atoms with Crippen LogP contribution >= 0.6 is 34.2 Å². The molecule has 0 heterocycles. The molecule has 0 atom stereocenters. The van der Waals surface area contributed by atoms with E-state index in [0.29, 0.717) is 21.1 Å². The number of benzene rings is 1. The highest BCUT2D eigenvalue weighted by Crippen LogP contribution is 2.26. The zero-order valence-electron chi connectivity index (χ0n) is 8.68. The Labute approximate surface area is 109 Å². The Morgan fingerprint density at radius 3 is 2.67 bits per heavy atom. The molecule has 0 unspecified atom stereocenters. The number of carbonyl (C=O) groups is 1. The van der Waals surface area contributed by atoms with Crippen molar-refractivity contribution in [1.82, 2.24) is 0 Å². The van der Waals surface area contributed by atoms with E-state index in [9.17, 15) is 4.79 Å². The SMILES string of the molecule is CC(C)c1ccc(NC(=O)CI)c(Cl)c1. The third-order valence-corrected chi connectivity index (χ3v) is 3.06. The molecule has 0 aromatic heterocycles. The minimum absolute atomic E-state index is 0.0326. The van der Waals surface area contributed by atoms with Crippen molar-refractivity contribution in [2.75, 3.05) is 9.74 Å². The number of amides is 1. The topological polar surface area (TPSA) is 29.1 Å². The van der Waals surface area contributed by atoms with Gasteiger partial charge in [-0.3, -0.25) is 4.79 Å². The highest BCUT2D eigenvalue weighted by molar-refractivity contribution is 14.1. The number of halogens is 2. The first-order valence-corrected chi connectivity index (χ1v) is 6.60. The van der Waals surface area contributed by atoms with E-state index in [2.05, 4.69) is 19.2 Å². The molecule has 1 rings (SSSR count). The van der Waals surface area contributed by atoms with Gasteiger partial charge in [-0.2, -0.15) is 0 Å². The monoisotopic (exact) mass is 337 g/mol. The molecule has 0 aliphatic carbocycles. The first-order chi connectivity index (χ1) is 7.04. The molecule has 0 saturated heterocycles. The van der Waals surface area contributed by atoms with Gasteiger partial charge in [0.25, 0.3) is 0 Å². The fourth-order valence-electron chi connectivity index (χ4n) is 1.18. The number of hydrogen-bond acceptors (Lipinski definition) is 1. The quantitative estimate of drug-likeness (QED) is 0.659. The predicted octanol–water partition coefficient (Wildman–Crippen LogP) is 3.84. The van der Waals surface area contributed by atoms with E-state index in [1.54, 1.807) is 0 Å². The van der Waals surface area contributed by atoms with E-state index in [4.69, 9.17) is 11.6 Å². The number of rotatable bonds is 3. The van der Waals surface area contributed by atoms with Crippen LogP contribution in [0.4, 0.5) is 5.69 Å². The maximum atomic E-state index is 11.2. The molecule has 1 N–H and O–H groups in total. The van der Waals surface area contributed by atoms with Crippen molar-refractivity contribution >= 4 is 45.8 Å². The lowest BCUT2D eigenvalue weighted by Crippen LogP contribution is -2.12. The van der Waals surface area contributed by atoms with Crippen LogP contribution in [0.15, 0.2) is 18.2 Å². The maximum Gasteiger partial charge on any atom is 0.234 e. The molecule has 1 amide bonds. The number of alkyl halides is 1. The molecule has 4 heteroatoms. The van der Waals surface area contributed by atoms with Crippen LogP contribution in [-0.4, -0.2) is 10.3 Å². The first-order valence-electron chi connectivity index (χ1n) is 4.70. The highest BCUT2D eigenvalue weighted by atomic mass is 127. The molecule has 0 saturated carbocycles.